The monoisotopic (exact) mass is 599 g/mol. The molecule has 0 spiro atoms. The van der Waals surface area contributed by atoms with E-state index in [1.807, 2.05) is 30.3 Å². The van der Waals surface area contributed by atoms with Crippen LogP contribution < -0.4 is 19.7 Å². The van der Waals surface area contributed by atoms with Gasteiger partial charge in [-0.2, -0.15) is 0 Å². The molecule has 10 heteroatoms. The predicted molar refractivity (Wildman–Crippen MR) is 165 cm³/mol. The minimum absolute atomic E-state index is 0.0122. The quantitative estimate of drug-likeness (QED) is 0.243. The predicted octanol–water partition coefficient (Wildman–Crippen LogP) is 5.25. The zero-order chi connectivity index (χ0) is 30.2. The zero-order valence-corrected chi connectivity index (χ0v) is 24.5. The molecule has 222 valence electrons. The Hall–Kier alpha value is -4.67. The third kappa shape index (κ3) is 7.04. The average Bonchev–Trinajstić information content (AvgIpc) is 3.57. The highest BCUT2D eigenvalue weighted by Crippen LogP contribution is 2.31. The smallest absolute Gasteiger partial charge is 0.264 e. The number of sulfonamides is 1. The molecule has 43 heavy (non-hydrogen) atoms. The number of nitrogens with one attached hydrogen (secondary N) is 2. The van der Waals surface area contributed by atoms with Gasteiger partial charge < -0.3 is 20.1 Å². The highest BCUT2D eigenvalue weighted by molar-refractivity contribution is 7.92. The molecule has 0 aliphatic carbocycles. The summed E-state index contributed by atoms with van der Waals surface area (Å²) >= 11 is 0. The van der Waals surface area contributed by atoms with Crippen LogP contribution in [0.25, 0.3) is 0 Å². The van der Waals surface area contributed by atoms with Crippen LogP contribution in [0.1, 0.15) is 39.1 Å². The normalized spacial score (nSPS) is 14.6. The summed E-state index contributed by atoms with van der Waals surface area (Å²) < 4.78 is 40.2. The van der Waals surface area contributed by atoms with Gasteiger partial charge in [-0.15, -0.1) is 0 Å². The lowest BCUT2D eigenvalue weighted by molar-refractivity contribution is 0.0858. The van der Waals surface area contributed by atoms with Crippen LogP contribution >= 0.6 is 0 Å². The first-order valence-electron chi connectivity index (χ1n) is 14.0. The van der Waals surface area contributed by atoms with Crippen LogP contribution in [0.5, 0.6) is 5.75 Å². The third-order valence-electron chi connectivity index (χ3n) is 7.17. The van der Waals surface area contributed by atoms with Crippen LogP contribution in [0.3, 0.4) is 0 Å². The van der Waals surface area contributed by atoms with Gasteiger partial charge in [0.2, 0.25) is 0 Å². The van der Waals surface area contributed by atoms with Gasteiger partial charge in [0.25, 0.3) is 21.8 Å². The molecular formula is C33H33N3O6S. The molecule has 0 aromatic heterocycles. The van der Waals surface area contributed by atoms with Crippen molar-refractivity contribution in [1.29, 1.82) is 0 Å². The van der Waals surface area contributed by atoms with Gasteiger partial charge >= 0.3 is 0 Å². The standard InChI is InChI=1S/C33H33N3O6S/c1-41-25-17-19-27(20-18-25)43(39,40)36(23-24-10-3-2-4-11-24)31-16-8-6-14-29(31)33(38)35-30-15-7-5-13-28(30)32(37)34-22-26-12-9-21-42-26/h2-8,10-11,13-20,26H,9,12,21-23H2,1H3,(H,34,37)(H,35,38)/t26-/m0/s1. The van der Waals surface area contributed by atoms with Crippen LogP contribution in [0.4, 0.5) is 11.4 Å². The van der Waals surface area contributed by atoms with Crippen LogP contribution in [0.15, 0.2) is 108 Å². The molecule has 0 bridgehead atoms. The van der Waals surface area contributed by atoms with Gasteiger partial charge in [-0.05, 0) is 66.9 Å². The lowest BCUT2D eigenvalue weighted by Gasteiger charge is -2.27. The van der Waals surface area contributed by atoms with Crippen LogP contribution in [-0.4, -0.2) is 46.6 Å². The van der Waals surface area contributed by atoms with Crippen LogP contribution in [0.2, 0.25) is 0 Å². The van der Waals surface area contributed by atoms with Gasteiger partial charge in [-0.25, -0.2) is 8.42 Å². The second-order valence-electron chi connectivity index (χ2n) is 10.0. The molecule has 1 saturated heterocycles. The summed E-state index contributed by atoms with van der Waals surface area (Å²) in [4.78, 5) is 26.9. The van der Waals surface area contributed by atoms with E-state index in [0.717, 1.165) is 18.4 Å². The van der Waals surface area contributed by atoms with Crippen molar-refractivity contribution in [1.82, 2.24) is 5.32 Å². The summed E-state index contributed by atoms with van der Waals surface area (Å²) in [5.41, 5.74) is 1.66. The summed E-state index contributed by atoms with van der Waals surface area (Å²) in [6, 6.07) is 28.4. The number of ether oxygens (including phenoxy) is 2. The van der Waals surface area contributed by atoms with Crippen molar-refractivity contribution in [2.24, 2.45) is 0 Å². The molecule has 1 fully saturated rings. The van der Waals surface area contributed by atoms with Crippen molar-refractivity contribution in [3.05, 3.63) is 120 Å². The summed E-state index contributed by atoms with van der Waals surface area (Å²) in [6.45, 7) is 1.05. The van der Waals surface area contributed by atoms with Crippen molar-refractivity contribution >= 4 is 33.2 Å². The molecule has 1 heterocycles. The maximum absolute atomic E-state index is 14.1. The number of para-hydroxylation sites is 2. The fourth-order valence-corrected chi connectivity index (χ4v) is 6.37. The zero-order valence-electron chi connectivity index (χ0n) is 23.7. The number of rotatable bonds is 11. The van der Waals surface area contributed by atoms with E-state index in [1.165, 1.54) is 23.5 Å². The maximum Gasteiger partial charge on any atom is 0.264 e. The average molecular weight is 600 g/mol. The summed E-state index contributed by atoms with van der Waals surface area (Å²) in [6.07, 6.45) is 1.82. The highest BCUT2D eigenvalue weighted by atomic mass is 32.2. The van der Waals surface area contributed by atoms with E-state index in [2.05, 4.69) is 10.6 Å². The number of nitrogens with zero attached hydrogens (tertiary/aromatic N) is 1. The Morgan fingerprint density at radius 2 is 1.53 bits per heavy atom. The van der Waals surface area contributed by atoms with Crippen molar-refractivity contribution < 1.29 is 27.5 Å². The van der Waals surface area contributed by atoms with Gasteiger partial charge in [0.05, 0.1) is 47.2 Å². The second kappa shape index (κ2) is 13.5. The van der Waals surface area contributed by atoms with Crippen LogP contribution in [0, 0.1) is 0 Å². The van der Waals surface area contributed by atoms with E-state index in [-0.39, 0.29) is 34.7 Å². The third-order valence-corrected chi connectivity index (χ3v) is 8.94. The number of benzene rings is 4. The summed E-state index contributed by atoms with van der Waals surface area (Å²) in [5.74, 6) is -0.378. The van der Waals surface area contributed by atoms with Gasteiger partial charge in [0, 0.05) is 13.2 Å². The van der Waals surface area contributed by atoms with E-state index in [1.54, 1.807) is 60.7 Å². The largest absolute Gasteiger partial charge is 0.497 e. The number of methoxy groups -OCH3 is 1. The first kappa shape index (κ1) is 29.8. The summed E-state index contributed by atoms with van der Waals surface area (Å²) in [7, 11) is -2.62. The lowest BCUT2D eigenvalue weighted by Crippen LogP contribution is -2.33. The number of hydrogen-bond acceptors (Lipinski definition) is 6. The molecule has 1 aliphatic heterocycles. The molecule has 1 aliphatic rings. The molecule has 2 amide bonds. The Morgan fingerprint density at radius 3 is 2.23 bits per heavy atom. The molecule has 0 saturated carbocycles. The van der Waals surface area contributed by atoms with Gasteiger partial charge in [0.15, 0.2) is 0 Å². The first-order valence-corrected chi connectivity index (χ1v) is 15.4. The van der Waals surface area contributed by atoms with Crippen molar-refractivity contribution in [2.75, 3.05) is 29.9 Å². The lowest BCUT2D eigenvalue weighted by atomic mass is 10.1. The Labute approximate surface area is 251 Å². The van der Waals surface area contributed by atoms with Gasteiger partial charge in [-0.3, -0.25) is 13.9 Å². The van der Waals surface area contributed by atoms with Crippen LogP contribution in [-0.2, 0) is 21.3 Å². The molecule has 4 aromatic carbocycles. The first-order chi connectivity index (χ1) is 20.9. The van der Waals surface area contributed by atoms with Gasteiger partial charge in [-0.1, -0.05) is 54.6 Å². The van der Waals surface area contributed by atoms with Crippen molar-refractivity contribution in [3.8, 4) is 5.75 Å². The van der Waals surface area contributed by atoms with Crippen molar-refractivity contribution in [3.63, 3.8) is 0 Å². The molecular weight excluding hydrogens is 566 g/mol. The van der Waals surface area contributed by atoms with Gasteiger partial charge in [0.1, 0.15) is 5.75 Å². The molecule has 9 nitrogen and oxygen atoms in total. The Bertz CT molecular complexity index is 1670. The fraction of sp³-hybridized carbons (Fsp3) is 0.212. The van der Waals surface area contributed by atoms with Crippen molar-refractivity contribution in [2.45, 2.75) is 30.4 Å². The van der Waals surface area contributed by atoms with E-state index in [9.17, 15) is 18.0 Å². The molecule has 1 atom stereocenters. The fourth-order valence-electron chi connectivity index (χ4n) is 4.89. The van der Waals surface area contributed by atoms with E-state index < -0.39 is 15.9 Å². The number of carbonyl (C=O) groups excluding carboxylic acids is 2. The molecule has 5 rings (SSSR count). The maximum atomic E-state index is 14.1. The second-order valence-corrected chi connectivity index (χ2v) is 11.9. The Morgan fingerprint density at radius 1 is 0.860 bits per heavy atom. The molecule has 2 N–H and O–H groups in total. The summed E-state index contributed by atoms with van der Waals surface area (Å²) in [5, 5.41) is 5.72. The highest BCUT2D eigenvalue weighted by Gasteiger charge is 2.29. The Balaban J connectivity index is 1.46. The number of carbonyl (C=O) groups is 2. The minimum atomic E-state index is -4.12. The minimum Gasteiger partial charge on any atom is -0.497 e. The SMILES string of the molecule is COc1ccc(S(=O)(=O)N(Cc2ccccc2)c2ccccc2C(=O)Nc2ccccc2C(=O)NC[C@@H]2CCCO2)cc1. The topological polar surface area (TPSA) is 114 Å². The molecule has 4 aromatic rings. The number of hydrogen-bond donors (Lipinski definition) is 2. The van der Waals surface area contributed by atoms with E-state index in [4.69, 9.17) is 9.47 Å². The molecule has 0 unspecified atom stereocenters. The number of amides is 2. The van der Waals surface area contributed by atoms with E-state index >= 15 is 0 Å². The van der Waals surface area contributed by atoms with E-state index in [0.29, 0.717) is 30.2 Å². The number of anilines is 2. The Kier molecular flexibility index (Phi) is 9.38. The molecule has 0 radical (unpaired) electrons.